The van der Waals surface area contributed by atoms with Crippen molar-refractivity contribution in [1.29, 1.82) is 0 Å². The molecule has 1 unspecified atom stereocenters. The third-order valence-corrected chi connectivity index (χ3v) is 2.48. The van der Waals surface area contributed by atoms with Crippen LogP contribution in [-0.4, -0.2) is 6.04 Å². The summed E-state index contributed by atoms with van der Waals surface area (Å²) in [7, 11) is 0. The first-order valence-electron chi connectivity index (χ1n) is 5.28. The van der Waals surface area contributed by atoms with E-state index < -0.39 is 0 Å². The molecular weight excluding hydrogens is 172 g/mol. The fraction of sp³-hybridized carbons (Fsp3) is 0.500. The number of hydrogen-bond acceptors (Lipinski definition) is 2. The molecule has 2 heteroatoms. The third-order valence-electron chi connectivity index (χ3n) is 2.48. The minimum Gasteiger partial charge on any atom is -0.271 e. The Morgan fingerprint density at radius 3 is 2.43 bits per heavy atom. The van der Waals surface area contributed by atoms with Crippen molar-refractivity contribution >= 4 is 0 Å². The number of hydrogen-bond donors (Lipinski definition) is 2. The lowest BCUT2D eigenvalue weighted by Gasteiger charge is -2.14. The van der Waals surface area contributed by atoms with Crippen molar-refractivity contribution in [1.82, 2.24) is 5.43 Å². The number of aryl methyl sites for hydroxylation is 1. The maximum Gasteiger partial charge on any atom is 0.0250 e. The monoisotopic (exact) mass is 192 g/mol. The molecule has 0 bridgehead atoms. The molecule has 0 aliphatic heterocycles. The fourth-order valence-corrected chi connectivity index (χ4v) is 1.60. The Labute approximate surface area is 86.5 Å². The van der Waals surface area contributed by atoms with Crippen molar-refractivity contribution in [3.8, 4) is 0 Å². The van der Waals surface area contributed by atoms with Crippen LogP contribution in [0.1, 0.15) is 30.9 Å². The zero-order chi connectivity index (χ0) is 10.4. The van der Waals surface area contributed by atoms with Crippen LogP contribution in [0.5, 0.6) is 0 Å². The highest BCUT2D eigenvalue weighted by Crippen LogP contribution is 2.08. The quantitative estimate of drug-likeness (QED) is 0.554. The molecule has 0 saturated carbocycles. The van der Waals surface area contributed by atoms with Crippen LogP contribution in [0.15, 0.2) is 24.3 Å². The second-order valence-electron chi connectivity index (χ2n) is 3.84. The zero-order valence-corrected chi connectivity index (χ0v) is 9.09. The standard InChI is InChI=1S/C12H20N2/c1-3-4-12(14-13)9-11-7-5-10(2)6-8-11/h5-8,12,14H,3-4,9,13H2,1-2H3. The van der Waals surface area contributed by atoms with Crippen LogP contribution in [0, 0.1) is 6.92 Å². The summed E-state index contributed by atoms with van der Waals surface area (Å²) in [4.78, 5) is 0. The van der Waals surface area contributed by atoms with Crippen LogP contribution in [0.3, 0.4) is 0 Å². The minimum atomic E-state index is 0.405. The van der Waals surface area contributed by atoms with Crippen LogP contribution in [0.4, 0.5) is 0 Å². The van der Waals surface area contributed by atoms with Gasteiger partial charge in [-0.2, -0.15) is 0 Å². The maximum absolute atomic E-state index is 5.49. The van der Waals surface area contributed by atoms with Gasteiger partial charge in [-0.05, 0) is 25.3 Å². The van der Waals surface area contributed by atoms with E-state index in [2.05, 4.69) is 43.5 Å². The van der Waals surface area contributed by atoms with Gasteiger partial charge < -0.3 is 0 Å². The van der Waals surface area contributed by atoms with Crippen LogP contribution >= 0.6 is 0 Å². The summed E-state index contributed by atoms with van der Waals surface area (Å²) in [5.74, 6) is 5.49. The van der Waals surface area contributed by atoms with Crippen molar-refractivity contribution in [2.45, 2.75) is 39.2 Å². The predicted octanol–water partition coefficient (Wildman–Crippen LogP) is 2.17. The van der Waals surface area contributed by atoms with E-state index in [1.54, 1.807) is 0 Å². The average Bonchev–Trinajstić information content (AvgIpc) is 2.20. The van der Waals surface area contributed by atoms with E-state index in [1.165, 1.54) is 17.5 Å². The second-order valence-corrected chi connectivity index (χ2v) is 3.84. The molecule has 1 aromatic rings. The molecule has 0 spiro atoms. The van der Waals surface area contributed by atoms with Gasteiger partial charge in [-0.3, -0.25) is 11.3 Å². The van der Waals surface area contributed by atoms with E-state index in [1.807, 2.05) is 0 Å². The number of hydrazine groups is 1. The van der Waals surface area contributed by atoms with E-state index >= 15 is 0 Å². The van der Waals surface area contributed by atoms with Crippen molar-refractivity contribution < 1.29 is 0 Å². The Hall–Kier alpha value is -0.860. The normalized spacial score (nSPS) is 12.8. The van der Waals surface area contributed by atoms with E-state index in [0.29, 0.717) is 6.04 Å². The highest BCUT2D eigenvalue weighted by Gasteiger charge is 2.05. The SMILES string of the molecule is CCCC(Cc1ccc(C)cc1)NN. The molecule has 2 nitrogen and oxygen atoms in total. The van der Waals surface area contributed by atoms with E-state index in [9.17, 15) is 0 Å². The summed E-state index contributed by atoms with van der Waals surface area (Å²) in [6, 6.07) is 9.05. The molecule has 78 valence electrons. The molecule has 14 heavy (non-hydrogen) atoms. The summed E-state index contributed by atoms with van der Waals surface area (Å²) in [5.41, 5.74) is 5.53. The largest absolute Gasteiger partial charge is 0.271 e. The number of nitrogens with two attached hydrogens (primary N) is 1. The van der Waals surface area contributed by atoms with E-state index in [-0.39, 0.29) is 0 Å². The lowest BCUT2D eigenvalue weighted by Crippen LogP contribution is -2.36. The highest BCUT2D eigenvalue weighted by atomic mass is 15.2. The van der Waals surface area contributed by atoms with Gasteiger partial charge in [0, 0.05) is 6.04 Å². The van der Waals surface area contributed by atoms with Gasteiger partial charge in [-0.15, -0.1) is 0 Å². The summed E-state index contributed by atoms with van der Waals surface area (Å²) in [6.45, 7) is 4.29. The molecule has 0 radical (unpaired) electrons. The molecule has 0 heterocycles. The number of rotatable bonds is 5. The Morgan fingerprint density at radius 1 is 1.29 bits per heavy atom. The van der Waals surface area contributed by atoms with Crippen LogP contribution in [0.25, 0.3) is 0 Å². The van der Waals surface area contributed by atoms with Crippen molar-refractivity contribution in [2.75, 3.05) is 0 Å². The van der Waals surface area contributed by atoms with Crippen LogP contribution < -0.4 is 11.3 Å². The molecule has 0 saturated heterocycles. The number of benzene rings is 1. The molecular formula is C12H20N2. The van der Waals surface area contributed by atoms with E-state index in [4.69, 9.17) is 5.84 Å². The third kappa shape index (κ3) is 3.48. The predicted molar refractivity (Wildman–Crippen MR) is 60.9 cm³/mol. The van der Waals surface area contributed by atoms with Gasteiger partial charge in [0.1, 0.15) is 0 Å². The maximum atomic E-state index is 5.49. The molecule has 1 atom stereocenters. The molecule has 0 fully saturated rings. The van der Waals surface area contributed by atoms with Crippen molar-refractivity contribution in [3.63, 3.8) is 0 Å². The highest BCUT2D eigenvalue weighted by molar-refractivity contribution is 5.21. The topological polar surface area (TPSA) is 38.0 Å². The summed E-state index contributed by atoms with van der Waals surface area (Å²) >= 11 is 0. The Morgan fingerprint density at radius 2 is 1.93 bits per heavy atom. The van der Waals surface area contributed by atoms with Gasteiger partial charge in [0.25, 0.3) is 0 Å². The van der Waals surface area contributed by atoms with Crippen molar-refractivity contribution in [2.24, 2.45) is 5.84 Å². The fourth-order valence-electron chi connectivity index (χ4n) is 1.60. The van der Waals surface area contributed by atoms with Gasteiger partial charge in [0.05, 0.1) is 0 Å². The molecule has 1 rings (SSSR count). The Kier molecular flexibility index (Phi) is 4.63. The summed E-state index contributed by atoms with van der Waals surface area (Å²) in [5, 5.41) is 0. The first kappa shape index (κ1) is 11.2. The lowest BCUT2D eigenvalue weighted by molar-refractivity contribution is 0.486. The van der Waals surface area contributed by atoms with Gasteiger partial charge in [0.15, 0.2) is 0 Å². The van der Waals surface area contributed by atoms with Crippen molar-refractivity contribution in [3.05, 3.63) is 35.4 Å². The summed E-state index contributed by atoms with van der Waals surface area (Å²) < 4.78 is 0. The van der Waals surface area contributed by atoms with Gasteiger partial charge in [-0.1, -0.05) is 43.2 Å². The molecule has 0 aliphatic rings. The minimum absolute atomic E-state index is 0.405. The smallest absolute Gasteiger partial charge is 0.0250 e. The Balaban J connectivity index is 2.53. The molecule has 0 amide bonds. The van der Waals surface area contributed by atoms with Gasteiger partial charge in [-0.25, -0.2) is 0 Å². The summed E-state index contributed by atoms with van der Waals surface area (Å²) in [6.07, 6.45) is 3.32. The number of nitrogens with one attached hydrogen (secondary N) is 1. The first-order valence-corrected chi connectivity index (χ1v) is 5.28. The van der Waals surface area contributed by atoms with E-state index in [0.717, 1.165) is 12.8 Å². The van der Waals surface area contributed by atoms with Crippen LogP contribution in [0.2, 0.25) is 0 Å². The second kappa shape index (κ2) is 5.78. The Bertz CT molecular complexity index is 254. The molecule has 1 aromatic carbocycles. The molecule has 0 aliphatic carbocycles. The average molecular weight is 192 g/mol. The van der Waals surface area contributed by atoms with Crippen LogP contribution in [-0.2, 0) is 6.42 Å². The molecule has 3 N–H and O–H groups in total. The first-order chi connectivity index (χ1) is 6.76. The zero-order valence-electron chi connectivity index (χ0n) is 9.09. The lowest BCUT2D eigenvalue weighted by atomic mass is 10.0. The van der Waals surface area contributed by atoms with Gasteiger partial charge >= 0.3 is 0 Å². The molecule has 0 aromatic heterocycles. The van der Waals surface area contributed by atoms with Gasteiger partial charge in [0.2, 0.25) is 0 Å².